The third-order valence-electron chi connectivity index (χ3n) is 4.82. The molecule has 11 nitrogen and oxygen atoms in total. The molecular formula is C20H19ClF4N6O5S. The molecule has 1 amide bonds. The van der Waals surface area contributed by atoms with E-state index in [0.717, 1.165) is 19.1 Å². The first-order valence-electron chi connectivity index (χ1n) is 10.1. The van der Waals surface area contributed by atoms with Gasteiger partial charge in [-0.25, -0.2) is 30.7 Å². The minimum absolute atomic E-state index is 0.0471. The predicted molar refractivity (Wildman–Crippen MR) is 123 cm³/mol. The van der Waals surface area contributed by atoms with Crippen molar-refractivity contribution in [3.05, 3.63) is 46.7 Å². The molecule has 0 fully saturated rings. The van der Waals surface area contributed by atoms with Crippen molar-refractivity contribution in [3.63, 3.8) is 0 Å². The van der Waals surface area contributed by atoms with Gasteiger partial charge in [0.2, 0.25) is 11.8 Å². The zero-order valence-corrected chi connectivity index (χ0v) is 20.8. The van der Waals surface area contributed by atoms with E-state index in [1.807, 2.05) is 0 Å². The zero-order valence-electron chi connectivity index (χ0n) is 19.2. The Morgan fingerprint density at radius 3 is 2.24 bits per heavy atom. The minimum atomic E-state index is -4.14. The van der Waals surface area contributed by atoms with Gasteiger partial charge in [0.25, 0.3) is 22.9 Å². The second kappa shape index (κ2) is 11.2. The second-order valence-electron chi connectivity index (χ2n) is 7.21. The van der Waals surface area contributed by atoms with Gasteiger partial charge in [-0.1, -0.05) is 11.6 Å². The molecular weight excluding hydrogens is 548 g/mol. The van der Waals surface area contributed by atoms with Crippen molar-refractivity contribution >= 4 is 39.0 Å². The summed E-state index contributed by atoms with van der Waals surface area (Å²) in [5.41, 5.74) is -2.00. The van der Waals surface area contributed by atoms with E-state index < -0.39 is 51.2 Å². The highest BCUT2D eigenvalue weighted by Gasteiger charge is 2.32. The zero-order chi connectivity index (χ0) is 27.5. The van der Waals surface area contributed by atoms with Crippen molar-refractivity contribution in [1.29, 1.82) is 0 Å². The maximum Gasteiger partial charge on any atom is 0.321 e. The van der Waals surface area contributed by atoms with Crippen LogP contribution in [0.3, 0.4) is 0 Å². The largest absolute Gasteiger partial charge is 0.481 e. The standard InChI is InChI=1S/C20H19ClF4N6O5S/c1-9(31-16(18(24)25)14(21)15(29-31)17(22)23)19(32)26-10-4-6-11(7-5-10)37(33,34)30-12-8-13(35-2)28-20(27-12)36-3/h4-9,17-18H,1-3H3,(H,26,32)(H,27,28,30). The molecule has 1 atom stereocenters. The fourth-order valence-corrected chi connectivity index (χ4v) is 4.28. The number of methoxy groups -OCH3 is 2. The highest BCUT2D eigenvalue weighted by molar-refractivity contribution is 7.92. The van der Waals surface area contributed by atoms with Crippen LogP contribution in [0.25, 0.3) is 0 Å². The molecule has 17 heteroatoms. The highest BCUT2D eigenvalue weighted by atomic mass is 35.5. The second-order valence-corrected chi connectivity index (χ2v) is 9.27. The fourth-order valence-electron chi connectivity index (χ4n) is 3.00. The van der Waals surface area contributed by atoms with Gasteiger partial charge in [-0.05, 0) is 31.2 Å². The Bertz CT molecular complexity index is 1370. The van der Waals surface area contributed by atoms with Gasteiger partial charge < -0.3 is 14.8 Å². The number of amides is 1. The molecule has 0 radical (unpaired) electrons. The van der Waals surface area contributed by atoms with Gasteiger partial charge in [0, 0.05) is 11.8 Å². The van der Waals surface area contributed by atoms with Crippen molar-refractivity contribution in [3.8, 4) is 11.9 Å². The number of hydrogen-bond acceptors (Lipinski definition) is 8. The van der Waals surface area contributed by atoms with Crippen molar-refractivity contribution in [2.45, 2.75) is 30.7 Å². The molecule has 2 aromatic heterocycles. The molecule has 1 unspecified atom stereocenters. The van der Waals surface area contributed by atoms with Gasteiger partial charge in [0.15, 0.2) is 5.82 Å². The molecule has 3 rings (SSSR count). The van der Waals surface area contributed by atoms with Gasteiger partial charge in [-0.2, -0.15) is 15.1 Å². The smallest absolute Gasteiger partial charge is 0.321 e. The first-order valence-corrected chi connectivity index (χ1v) is 12.0. The normalized spacial score (nSPS) is 12.5. The van der Waals surface area contributed by atoms with Gasteiger partial charge in [-0.3, -0.25) is 9.52 Å². The third kappa shape index (κ3) is 6.19. The number of sulfonamides is 1. The molecule has 0 saturated carbocycles. The summed E-state index contributed by atoms with van der Waals surface area (Å²) >= 11 is 5.62. The number of rotatable bonds is 10. The van der Waals surface area contributed by atoms with Gasteiger partial charge in [-0.15, -0.1) is 0 Å². The molecule has 0 saturated heterocycles. The van der Waals surface area contributed by atoms with Gasteiger partial charge >= 0.3 is 6.01 Å². The number of nitrogens with one attached hydrogen (secondary N) is 2. The molecule has 1 aromatic carbocycles. The lowest BCUT2D eigenvalue weighted by atomic mass is 10.2. The van der Waals surface area contributed by atoms with E-state index in [1.165, 1.54) is 32.4 Å². The number of hydrogen-bond donors (Lipinski definition) is 2. The summed E-state index contributed by atoms with van der Waals surface area (Å²) in [5, 5.41) is 4.84. The molecule has 3 aromatic rings. The van der Waals surface area contributed by atoms with Crippen molar-refractivity contribution in [2.24, 2.45) is 0 Å². The summed E-state index contributed by atoms with van der Waals surface area (Å²) in [7, 11) is -1.53. The van der Waals surface area contributed by atoms with E-state index in [-0.39, 0.29) is 28.3 Å². The molecule has 2 heterocycles. The number of carbonyl (C=O) groups is 1. The molecule has 0 spiro atoms. The summed E-state index contributed by atoms with van der Waals surface area (Å²) in [6.45, 7) is 1.16. The average molecular weight is 567 g/mol. The molecule has 37 heavy (non-hydrogen) atoms. The van der Waals surface area contributed by atoms with E-state index in [0.29, 0.717) is 4.68 Å². The van der Waals surface area contributed by atoms with E-state index in [1.54, 1.807) is 0 Å². The van der Waals surface area contributed by atoms with E-state index in [2.05, 4.69) is 25.1 Å². The number of halogens is 5. The number of aromatic nitrogens is 4. The number of nitrogens with zero attached hydrogens (tertiary/aromatic N) is 4. The Hall–Kier alpha value is -3.66. The van der Waals surface area contributed by atoms with Crippen molar-refractivity contribution in [1.82, 2.24) is 19.7 Å². The number of carbonyl (C=O) groups excluding carboxylic acids is 1. The lowest BCUT2D eigenvalue weighted by molar-refractivity contribution is -0.119. The minimum Gasteiger partial charge on any atom is -0.481 e. The number of anilines is 2. The molecule has 0 aliphatic carbocycles. The van der Waals surface area contributed by atoms with E-state index in [4.69, 9.17) is 21.1 Å². The summed E-state index contributed by atoms with van der Waals surface area (Å²) < 4.78 is 90.9. The van der Waals surface area contributed by atoms with Crippen LogP contribution in [-0.4, -0.2) is 48.3 Å². The van der Waals surface area contributed by atoms with Crippen LogP contribution >= 0.6 is 11.6 Å². The van der Waals surface area contributed by atoms with Crippen molar-refractivity contribution in [2.75, 3.05) is 24.3 Å². The number of benzene rings is 1. The first-order chi connectivity index (χ1) is 17.4. The molecule has 2 N–H and O–H groups in total. The van der Waals surface area contributed by atoms with E-state index >= 15 is 0 Å². The number of ether oxygens (including phenoxy) is 2. The van der Waals surface area contributed by atoms with Crippen LogP contribution in [0.1, 0.15) is 37.2 Å². The molecule has 0 aliphatic heterocycles. The molecule has 200 valence electrons. The van der Waals surface area contributed by atoms with Gasteiger partial charge in [0.05, 0.1) is 24.1 Å². The van der Waals surface area contributed by atoms with Crippen LogP contribution < -0.4 is 19.5 Å². The monoisotopic (exact) mass is 566 g/mol. The molecule has 0 bridgehead atoms. The van der Waals surface area contributed by atoms with Gasteiger partial charge in [0.1, 0.15) is 17.4 Å². The maximum atomic E-state index is 13.4. The Labute approximate surface area is 212 Å². The predicted octanol–water partition coefficient (Wildman–Crippen LogP) is 4.22. The quantitative estimate of drug-likeness (QED) is 0.348. The summed E-state index contributed by atoms with van der Waals surface area (Å²) in [4.78, 5) is 20.1. The van der Waals surface area contributed by atoms with Crippen LogP contribution in [0.2, 0.25) is 5.02 Å². The van der Waals surface area contributed by atoms with Crippen LogP contribution in [0, 0.1) is 0 Å². The Morgan fingerprint density at radius 2 is 1.70 bits per heavy atom. The van der Waals surface area contributed by atoms with E-state index in [9.17, 15) is 30.8 Å². The highest BCUT2D eigenvalue weighted by Crippen LogP contribution is 2.36. The van der Waals surface area contributed by atoms with Crippen LogP contribution in [-0.2, 0) is 14.8 Å². The van der Waals surface area contributed by atoms with Crippen LogP contribution in [0.4, 0.5) is 29.1 Å². The summed E-state index contributed by atoms with van der Waals surface area (Å²) in [5.74, 6) is -0.979. The van der Waals surface area contributed by atoms with Crippen LogP contribution in [0.5, 0.6) is 11.9 Å². The average Bonchev–Trinajstić information content (AvgIpc) is 3.20. The summed E-state index contributed by atoms with van der Waals surface area (Å²) in [6.07, 6.45) is -6.50. The van der Waals surface area contributed by atoms with Crippen LogP contribution in [0.15, 0.2) is 35.2 Å². The first kappa shape index (κ1) is 27.9. The topological polar surface area (TPSA) is 137 Å². The lowest BCUT2D eigenvalue weighted by Crippen LogP contribution is -2.26. The number of alkyl halides is 4. The fraction of sp³-hybridized carbons (Fsp3) is 0.300. The Morgan fingerprint density at radius 1 is 1.05 bits per heavy atom. The molecule has 0 aliphatic rings. The van der Waals surface area contributed by atoms with Crippen molar-refractivity contribution < 1.29 is 40.2 Å². The Balaban J connectivity index is 1.78. The Kier molecular flexibility index (Phi) is 8.42. The SMILES string of the molecule is COc1cc(NS(=O)(=O)c2ccc(NC(=O)C(C)n3nc(C(F)F)c(Cl)c3C(F)F)cc2)nc(OC)n1. The summed E-state index contributed by atoms with van der Waals surface area (Å²) in [6, 6.07) is 4.40. The maximum absolute atomic E-state index is 13.4. The third-order valence-corrected chi connectivity index (χ3v) is 6.57. The lowest BCUT2D eigenvalue weighted by Gasteiger charge is -2.16.